The van der Waals surface area contributed by atoms with Crippen LogP contribution in [0.15, 0.2) is 42.2 Å². The Balaban J connectivity index is 0.000000198. The summed E-state index contributed by atoms with van der Waals surface area (Å²) < 4.78 is 5.93. The SMILES string of the molecule is CC(C)Oc1cc2c(cc1Nc1ncnc3[nH]cc(C(=O)O)c13)C=NC2.O=C(O)c1c[nH]c2ncnc(Cl)c12. The first-order valence-corrected chi connectivity index (χ1v) is 12.0. The van der Waals surface area contributed by atoms with Crippen LogP contribution < -0.4 is 10.1 Å². The van der Waals surface area contributed by atoms with E-state index in [1.807, 2.05) is 32.2 Å². The summed E-state index contributed by atoms with van der Waals surface area (Å²) in [4.78, 5) is 47.9. The van der Waals surface area contributed by atoms with Crippen LogP contribution in [-0.2, 0) is 6.54 Å². The van der Waals surface area contributed by atoms with Crippen molar-refractivity contribution in [3.05, 3.63) is 64.6 Å². The molecule has 198 valence electrons. The van der Waals surface area contributed by atoms with Crippen LogP contribution in [0.25, 0.3) is 22.1 Å². The lowest BCUT2D eigenvalue weighted by Crippen LogP contribution is -2.09. The molecule has 5 aromatic rings. The van der Waals surface area contributed by atoms with Crippen molar-refractivity contribution in [3.8, 4) is 5.75 Å². The number of ether oxygens (including phenoxy) is 1. The lowest BCUT2D eigenvalue weighted by Gasteiger charge is -2.17. The standard InChI is InChI=1S/C18H17N5O3.C7H4ClN3O2/c1-9(2)26-14-4-11-6-19-5-10(11)3-13(14)23-17-15-12(18(24)25)7-20-16(15)21-8-22-17;8-5-4-3(7(12)13)1-9-6(4)11-2-10-5/h3-5,7-9H,6H2,1-2H3,(H,24,25)(H2,20,21,22,23);1-2H,(H,12,13)(H,9,10,11). The average Bonchev–Trinajstić information content (AvgIpc) is 3.63. The van der Waals surface area contributed by atoms with Crippen molar-refractivity contribution < 1.29 is 24.5 Å². The Bertz CT molecular complexity index is 1760. The third-order valence-electron chi connectivity index (χ3n) is 5.70. The molecule has 0 unspecified atom stereocenters. The van der Waals surface area contributed by atoms with E-state index in [0.29, 0.717) is 45.9 Å². The monoisotopic (exact) mass is 548 g/mol. The number of H-pyrrole nitrogens is 2. The molecule has 0 saturated heterocycles. The third kappa shape index (κ3) is 5.07. The van der Waals surface area contributed by atoms with Gasteiger partial charge in [0, 0.05) is 18.6 Å². The van der Waals surface area contributed by atoms with Crippen molar-refractivity contribution in [1.29, 1.82) is 0 Å². The summed E-state index contributed by atoms with van der Waals surface area (Å²) >= 11 is 5.71. The highest BCUT2D eigenvalue weighted by Gasteiger charge is 2.19. The van der Waals surface area contributed by atoms with Crippen molar-refractivity contribution >= 4 is 63.3 Å². The first-order chi connectivity index (χ1) is 18.7. The van der Waals surface area contributed by atoms with Gasteiger partial charge in [0.25, 0.3) is 0 Å². The molecule has 14 heteroatoms. The van der Waals surface area contributed by atoms with E-state index in [9.17, 15) is 14.7 Å². The van der Waals surface area contributed by atoms with Crippen molar-refractivity contribution in [3.63, 3.8) is 0 Å². The molecule has 5 N–H and O–H groups in total. The van der Waals surface area contributed by atoms with E-state index >= 15 is 0 Å². The van der Waals surface area contributed by atoms with Crippen LogP contribution in [0.2, 0.25) is 5.15 Å². The number of anilines is 2. The minimum Gasteiger partial charge on any atom is -0.489 e. The van der Waals surface area contributed by atoms with Crippen molar-refractivity contribution in [2.45, 2.75) is 26.5 Å². The fourth-order valence-electron chi connectivity index (χ4n) is 4.03. The van der Waals surface area contributed by atoms with E-state index in [1.54, 1.807) is 0 Å². The highest BCUT2D eigenvalue weighted by Crippen LogP contribution is 2.35. The number of hydrogen-bond acceptors (Lipinski definition) is 9. The summed E-state index contributed by atoms with van der Waals surface area (Å²) in [6.07, 6.45) is 7.20. The number of carboxylic acid groups (broad SMARTS) is 2. The number of hydrogen-bond donors (Lipinski definition) is 5. The maximum atomic E-state index is 11.5. The zero-order chi connectivity index (χ0) is 27.7. The zero-order valence-electron chi connectivity index (χ0n) is 20.6. The number of fused-ring (bicyclic) bond motifs is 3. The molecular weight excluding hydrogens is 528 g/mol. The molecule has 13 nitrogen and oxygen atoms in total. The quantitative estimate of drug-likeness (QED) is 0.190. The predicted octanol–water partition coefficient (Wildman–Crippen LogP) is 4.43. The normalized spacial score (nSPS) is 11.9. The van der Waals surface area contributed by atoms with Crippen LogP contribution >= 0.6 is 11.6 Å². The number of rotatable bonds is 6. The molecule has 0 spiro atoms. The van der Waals surface area contributed by atoms with Crippen molar-refractivity contribution in [2.24, 2.45) is 4.99 Å². The van der Waals surface area contributed by atoms with Gasteiger partial charge >= 0.3 is 11.9 Å². The van der Waals surface area contributed by atoms with E-state index in [0.717, 1.165) is 11.1 Å². The number of aromatic nitrogens is 6. The summed E-state index contributed by atoms with van der Waals surface area (Å²) in [5.74, 6) is -1.03. The van der Waals surface area contributed by atoms with Gasteiger partial charge in [0.1, 0.15) is 40.7 Å². The van der Waals surface area contributed by atoms with Crippen LogP contribution in [0.5, 0.6) is 5.75 Å². The Kier molecular flexibility index (Phi) is 6.81. The van der Waals surface area contributed by atoms with Crippen molar-refractivity contribution in [2.75, 3.05) is 5.32 Å². The molecule has 39 heavy (non-hydrogen) atoms. The number of carboxylic acids is 2. The Labute approximate surface area is 225 Å². The Morgan fingerprint density at radius 1 is 0.974 bits per heavy atom. The number of aromatic amines is 2. The van der Waals surface area contributed by atoms with Gasteiger partial charge in [0.2, 0.25) is 0 Å². The fourth-order valence-corrected chi connectivity index (χ4v) is 4.27. The number of benzene rings is 1. The van der Waals surface area contributed by atoms with Crippen LogP contribution in [-0.4, -0.2) is 64.4 Å². The molecular formula is C25H21ClN8O5. The molecule has 1 aromatic carbocycles. The second kappa shape index (κ2) is 10.4. The molecule has 0 fully saturated rings. The van der Waals surface area contributed by atoms with Crippen LogP contribution in [0, 0.1) is 0 Å². The molecule has 1 aliphatic heterocycles. The van der Waals surface area contributed by atoms with Gasteiger partial charge in [-0.2, -0.15) is 0 Å². The highest BCUT2D eigenvalue weighted by atomic mass is 35.5. The molecule has 5 heterocycles. The zero-order valence-corrected chi connectivity index (χ0v) is 21.3. The molecule has 0 amide bonds. The van der Waals surface area contributed by atoms with Crippen LogP contribution in [0.4, 0.5) is 11.5 Å². The van der Waals surface area contributed by atoms with Crippen molar-refractivity contribution in [1.82, 2.24) is 29.9 Å². The van der Waals surface area contributed by atoms with E-state index < -0.39 is 11.9 Å². The molecule has 6 rings (SSSR count). The van der Waals surface area contributed by atoms with Gasteiger partial charge in [-0.05, 0) is 37.1 Å². The number of halogens is 1. The van der Waals surface area contributed by atoms with E-state index in [4.69, 9.17) is 21.4 Å². The third-order valence-corrected chi connectivity index (χ3v) is 5.99. The topological polar surface area (TPSA) is 191 Å². The maximum absolute atomic E-state index is 11.5. The summed E-state index contributed by atoms with van der Waals surface area (Å²) in [5.41, 5.74) is 3.86. The highest BCUT2D eigenvalue weighted by molar-refractivity contribution is 6.35. The fraction of sp³-hybridized carbons (Fsp3) is 0.160. The summed E-state index contributed by atoms with van der Waals surface area (Å²) in [6, 6.07) is 3.89. The molecule has 0 aliphatic carbocycles. The molecule has 0 saturated carbocycles. The predicted molar refractivity (Wildman–Crippen MR) is 143 cm³/mol. The van der Waals surface area contributed by atoms with E-state index in [2.05, 4.69) is 40.2 Å². The summed E-state index contributed by atoms with van der Waals surface area (Å²) in [5, 5.41) is 22.3. The number of nitrogens with one attached hydrogen (secondary N) is 3. The van der Waals surface area contributed by atoms with Gasteiger partial charge in [0.15, 0.2) is 0 Å². The molecule has 1 aliphatic rings. The molecule has 0 atom stereocenters. The largest absolute Gasteiger partial charge is 0.489 e. The number of aliphatic imine (C=N–C) groups is 1. The molecule has 0 bridgehead atoms. The van der Waals surface area contributed by atoms with Gasteiger partial charge in [-0.1, -0.05) is 11.6 Å². The van der Waals surface area contributed by atoms with E-state index in [-0.39, 0.29) is 22.4 Å². The summed E-state index contributed by atoms with van der Waals surface area (Å²) in [7, 11) is 0. The van der Waals surface area contributed by atoms with Crippen LogP contribution in [0.3, 0.4) is 0 Å². The minimum absolute atomic E-state index is 0.0109. The Morgan fingerprint density at radius 2 is 1.62 bits per heavy atom. The van der Waals surface area contributed by atoms with Gasteiger partial charge in [0.05, 0.1) is 40.2 Å². The van der Waals surface area contributed by atoms with Gasteiger partial charge in [-0.25, -0.2) is 29.5 Å². The molecule has 4 aromatic heterocycles. The van der Waals surface area contributed by atoms with Crippen LogP contribution in [0.1, 0.15) is 45.7 Å². The van der Waals surface area contributed by atoms with Gasteiger partial charge < -0.3 is 30.2 Å². The van der Waals surface area contributed by atoms with Gasteiger partial charge in [-0.3, -0.25) is 4.99 Å². The second-order valence-corrected chi connectivity index (χ2v) is 9.02. The maximum Gasteiger partial charge on any atom is 0.338 e. The number of carbonyl (C=O) groups is 2. The smallest absolute Gasteiger partial charge is 0.338 e. The summed E-state index contributed by atoms with van der Waals surface area (Å²) in [6.45, 7) is 4.53. The minimum atomic E-state index is -1.05. The first kappa shape index (κ1) is 25.6. The second-order valence-electron chi connectivity index (χ2n) is 8.66. The van der Waals surface area contributed by atoms with E-state index in [1.165, 1.54) is 25.0 Å². The Morgan fingerprint density at radius 3 is 2.28 bits per heavy atom. The number of nitrogens with zero attached hydrogens (tertiary/aromatic N) is 5. The average molecular weight is 549 g/mol. The number of aromatic carboxylic acids is 2. The first-order valence-electron chi connectivity index (χ1n) is 11.6. The van der Waals surface area contributed by atoms with Gasteiger partial charge in [-0.15, -0.1) is 0 Å². The lowest BCUT2D eigenvalue weighted by molar-refractivity contribution is 0.0688. The lowest BCUT2D eigenvalue weighted by atomic mass is 10.1. The Hall–Kier alpha value is -5.04. The molecule has 0 radical (unpaired) electrons.